The van der Waals surface area contributed by atoms with Crippen molar-refractivity contribution >= 4 is 17.0 Å². The fourth-order valence-electron chi connectivity index (χ4n) is 3.07. The second kappa shape index (κ2) is 8.21. The first-order valence-corrected chi connectivity index (χ1v) is 9.85. The lowest BCUT2D eigenvalue weighted by Gasteiger charge is -2.17. The van der Waals surface area contributed by atoms with Crippen molar-refractivity contribution in [3.63, 3.8) is 0 Å². The Hall–Kier alpha value is -2.92. The van der Waals surface area contributed by atoms with Crippen LogP contribution in [-0.4, -0.2) is 9.55 Å². The van der Waals surface area contributed by atoms with Gasteiger partial charge in [0, 0.05) is 11.1 Å². The fourth-order valence-corrected chi connectivity index (χ4v) is 3.96. The summed E-state index contributed by atoms with van der Waals surface area (Å²) in [4.78, 5) is 20.3. The zero-order chi connectivity index (χ0) is 21.2. The molecule has 0 amide bonds. The summed E-state index contributed by atoms with van der Waals surface area (Å²) in [5.74, 6) is 0. The monoisotopic (exact) mass is 417 g/mol. The molecule has 0 atom stereocenters. The Kier molecular flexibility index (Phi) is 5.89. The topological polar surface area (TPSA) is 39.2 Å². The largest absolute Gasteiger partial charge is 0.407 e. The Morgan fingerprint density at radius 1 is 1.28 bits per heavy atom. The van der Waals surface area contributed by atoms with E-state index in [0.29, 0.717) is 11.3 Å². The van der Waals surface area contributed by atoms with Gasteiger partial charge in [0.1, 0.15) is 0 Å². The van der Waals surface area contributed by atoms with E-state index in [-0.39, 0.29) is 12.2 Å². The van der Waals surface area contributed by atoms with Crippen LogP contribution < -0.4 is 5.56 Å². The Morgan fingerprint density at radius 2 is 2.03 bits per heavy atom. The molecule has 0 bridgehead atoms. The van der Waals surface area contributed by atoms with Gasteiger partial charge in [-0.05, 0) is 37.5 Å². The van der Waals surface area contributed by atoms with Gasteiger partial charge in [-0.2, -0.15) is 13.2 Å². The van der Waals surface area contributed by atoms with Crippen LogP contribution in [0.4, 0.5) is 18.9 Å². The summed E-state index contributed by atoms with van der Waals surface area (Å²) >= 11 is 1.45. The van der Waals surface area contributed by atoms with Gasteiger partial charge in [0.2, 0.25) is 0 Å². The molecule has 0 saturated heterocycles. The number of hydrogen-bond donors (Lipinski definition) is 0. The number of thiazole rings is 1. The molecule has 3 aromatic rings. The lowest BCUT2D eigenvalue weighted by Crippen LogP contribution is -2.25. The maximum absolute atomic E-state index is 13.5. The molecule has 0 unspecified atom stereocenters. The number of pyridine rings is 1. The molecule has 0 N–H and O–H groups in total. The van der Waals surface area contributed by atoms with Gasteiger partial charge in [-0.3, -0.25) is 4.79 Å². The predicted molar refractivity (Wildman–Crippen MR) is 107 cm³/mol. The van der Waals surface area contributed by atoms with E-state index in [4.69, 9.17) is 6.57 Å². The Labute approximate surface area is 170 Å². The molecule has 0 spiro atoms. The van der Waals surface area contributed by atoms with Crippen LogP contribution in [0.3, 0.4) is 0 Å². The van der Waals surface area contributed by atoms with Gasteiger partial charge in [-0.25, -0.2) is 9.83 Å². The SMILES string of the molecule is [C-]#[N+]c1c(C(F)(F)F)cc(-c2cccc(C)c2)n(Cc2csc(CCC)n2)c1=O. The molecular weight excluding hydrogens is 399 g/mol. The van der Waals surface area contributed by atoms with Crippen LogP contribution in [0, 0.1) is 13.5 Å². The molecule has 0 aliphatic heterocycles. The number of aromatic nitrogens is 2. The van der Waals surface area contributed by atoms with Crippen LogP contribution in [0.25, 0.3) is 16.1 Å². The van der Waals surface area contributed by atoms with Gasteiger partial charge in [0.05, 0.1) is 29.4 Å². The number of alkyl halides is 3. The van der Waals surface area contributed by atoms with Crippen molar-refractivity contribution < 1.29 is 13.2 Å². The van der Waals surface area contributed by atoms with E-state index >= 15 is 0 Å². The number of halogens is 3. The van der Waals surface area contributed by atoms with Crippen molar-refractivity contribution in [2.24, 2.45) is 0 Å². The standard InChI is InChI=1S/C21H18F3N3OS/c1-4-6-18-26-15(12-29-18)11-27-17(14-8-5-7-13(2)9-14)10-16(21(22,23)24)19(25-3)20(27)28/h5,7-10,12H,4,6,11H2,1-2H3. The molecular formula is C21H18F3N3OS. The fraction of sp³-hybridized carbons (Fsp3) is 0.286. The summed E-state index contributed by atoms with van der Waals surface area (Å²) in [6, 6.07) is 7.80. The zero-order valence-electron chi connectivity index (χ0n) is 15.9. The molecule has 0 fully saturated rings. The zero-order valence-corrected chi connectivity index (χ0v) is 16.7. The maximum atomic E-state index is 13.5. The second-order valence-corrected chi connectivity index (χ2v) is 7.59. The highest BCUT2D eigenvalue weighted by Gasteiger charge is 2.36. The highest BCUT2D eigenvalue weighted by molar-refractivity contribution is 7.09. The number of aryl methyl sites for hydroxylation is 2. The van der Waals surface area contributed by atoms with Crippen molar-refractivity contribution in [1.82, 2.24) is 9.55 Å². The molecule has 0 aliphatic carbocycles. The van der Waals surface area contributed by atoms with Gasteiger partial charge in [-0.1, -0.05) is 30.7 Å². The average Bonchev–Trinajstić information content (AvgIpc) is 3.09. The third kappa shape index (κ3) is 4.40. The van der Waals surface area contributed by atoms with Crippen molar-refractivity contribution in [1.29, 1.82) is 0 Å². The highest BCUT2D eigenvalue weighted by Crippen LogP contribution is 2.37. The lowest BCUT2D eigenvalue weighted by molar-refractivity contribution is -0.136. The van der Waals surface area contributed by atoms with Crippen molar-refractivity contribution in [3.8, 4) is 11.3 Å². The minimum Gasteiger partial charge on any atom is -0.311 e. The summed E-state index contributed by atoms with van der Waals surface area (Å²) in [5, 5.41) is 2.71. The average molecular weight is 417 g/mol. The van der Waals surface area contributed by atoms with Gasteiger partial charge < -0.3 is 4.57 Å². The maximum Gasteiger partial charge on any atom is 0.407 e. The summed E-state index contributed by atoms with van der Waals surface area (Å²) < 4.78 is 41.8. The third-order valence-corrected chi connectivity index (χ3v) is 5.35. The van der Waals surface area contributed by atoms with Gasteiger partial charge in [0.25, 0.3) is 11.2 Å². The van der Waals surface area contributed by atoms with E-state index in [1.165, 1.54) is 15.9 Å². The molecule has 3 rings (SSSR count). The molecule has 150 valence electrons. The van der Waals surface area contributed by atoms with Gasteiger partial charge >= 0.3 is 6.18 Å². The summed E-state index contributed by atoms with van der Waals surface area (Å²) in [6.07, 6.45) is -3.08. The first kappa shape index (κ1) is 20.8. The number of rotatable bonds is 5. The smallest absolute Gasteiger partial charge is 0.311 e. The molecule has 29 heavy (non-hydrogen) atoms. The summed E-state index contributed by atoms with van der Waals surface area (Å²) in [6.45, 7) is 11.0. The number of nitrogens with zero attached hydrogens (tertiary/aromatic N) is 3. The first-order valence-electron chi connectivity index (χ1n) is 8.97. The highest BCUT2D eigenvalue weighted by atomic mass is 32.1. The van der Waals surface area contributed by atoms with E-state index in [0.717, 1.165) is 29.5 Å². The second-order valence-electron chi connectivity index (χ2n) is 6.64. The van der Waals surface area contributed by atoms with E-state index in [1.807, 2.05) is 19.9 Å². The normalized spacial score (nSPS) is 11.4. The Morgan fingerprint density at radius 3 is 2.66 bits per heavy atom. The van der Waals surface area contributed by atoms with E-state index in [1.54, 1.807) is 23.6 Å². The van der Waals surface area contributed by atoms with Crippen molar-refractivity contribution in [2.45, 2.75) is 39.4 Å². The van der Waals surface area contributed by atoms with E-state index in [9.17, 15) is 18.0 Å². The van der Waals surface area contributed by atoms with Gasteiger partial charge in [-0.15, -0.1) is 11.3 Å². The van der Waals surface area contributed by atoms with Crippen molar-refractivity contribution in [2.75, 3.05) is 0 Å². The third-order valence-electron chi connectivity index (χ3n) is 4.39. The van der Waals surface area contributed by atoms with Crippen molar-refractivity contribution in [3.05, 3.63) is 79.3 Å². The van der Waals surface area contributed by atoms with Crippen LogP contribution in [0.5, 0.6) is 0 Å². The van der Waals surface area contributed by atoms with Crippen LogP contribution in [0.15, 0.2) is 40.5 Å². The van der Waals surface area contributed by atoms with Crippen LogP contribution in [0.1, 0.15) is 35.2 Å². The minimum atomic E-state index is -4.80. The molecule has 0 aliphatic rings. The molecule has 8 heteroatoms. The number of benzene rings is 1. The van der Waals surface area contributed by atoms with Crippen LogP contribution in [0.2, 0.25) is 0 Å². The molecule has 0 radical (unpaired) electrons. The van der Waals surface area contributed by atoms with Crippen LogP contribution in [-0.2, 0) is 19.1 Å². The summed E-state index contributed by atoms with van der Waals surface area (Å²) in [7, 11) is 0. The van der Waals surface area contributed by atoms with Gasteiger partial charge in [0.15, 0.2) is 0 Å². The molecule has 1 aromatic carbocycles. The number of hydrogen-bond acceptors (Lipinski definition) is 3. The first-order chi connectivity index (χ1) is 13.7. The molecule has 4 nitrogen and oxygen atoms in total. The molecule has 2 heterocycles. The van der Waals surface area contributed by atoms with Crippen LogP contribution >= 0.6 is 11.3 Å². The molecule has 0 saturated carbocycles. The minimum absolute atomic E-state index is 0.00296. The Bertz CT molecular complexity index is 1140. The Balaban J connectivity index is 2.24. The van der Waals surface area contributed by atoms with E-state index < -0.39 is 23.0 Å². The predicted octanol–water partition coefficient (Wildman–Crippen LogP) is 5.85. The molecule has 2 aromatic heterocycles. The lowest BCUT2D eigenvalue weighted by atomic mass is 10.0. The quantitative estimate of drug-likeness (QED) is 0.489. The van der Waals surface area contributed by atoms with E-state index in [2.05, 4.69) is 9.83 Å². The summed E-state index contributed by atoms with van der Waals surface area (Å²) in [5.41, 5.74) is -1.06.